The molecule has 1 nitrogen and oxygen atoms in total. The Labute approximate surface area is 128 Å². The van der Waals surface area contributed by atoms with E-state index >= 15 is 0 Å². The van der Waals surface area contributed by atoms with Crippen LogP contribution in [0.2, 0.25) is 0 Å². The van der Waals surface area contributed by atoms with Crippen molar-refractivity contribution in [1.29, 1.82) is 0 Å². The van der Waals surface area contributed by atoms with Crippen LogP contribution in [0.1, 0.15) is 55.5 Å². The topological polar surface area (TPSA) is 17.1 Å². The summed E-state index contributed by atoms with van der Waals surface area (Å²) in [6.07, 6.45) is 3.82. The highest BCUT2D eigenvalue weighted by molar-refractivity contribution is 6.04. The highest BCUT2D eigenvalue weighted by Gasteiger charge is 2.38. The summed E-state index contributed by atoms with van der Waals surface area (Å²) in [4.78, 5) is 13.2. The van der Waals surface area contributed by atoms with Crippen LogP contribution in [0.3, 0.4) is 0 Å². The Morgan fingerprint density at radius 1 is 0.810 bits per heavy atom. The number of hydrogen-bond acceptors (Lipinski definition) is 1. The zero-order valence-corrected chi connectivity index (χ0v) is 13.0. The summed E-state index contributed by atoms with van der Waals surface area (Å²) in [7, 11) is 0. The molecule has 2 aromatic rings. The number of ketones is 1. The lowest BCUT2D eigenvalue weighted by Gasteiger charge is -2.33. The van der Waals surface area contributed by atoms with Crippen LogP contribution in [0.5, 0.6) is 0 Å². The van der Waals surface area contributed by atoms with Gasteiger partial charge in [0.25, 0.3) is 0 Å². The normalized spacial score (nSPS) is 11.3. The number of carbonyl (C=O) groups excluding carboxylic acids is 1. The molecule has 0 saturated heterocycles. The zero-order valence-electron chi connectivity index (χ0n) is 13.0. The van der Waals surface area contributed by atoms with Gasteiger partial charge in [-0.25, -0.2) is 0 Å². The maximum Gasteiger partial charge on any atom is 0.173 e. The van der Waals surface area contributed by atoms with Gasteiger partial charge in [-0.15, -0.1) is 0 Å². The van der Waals surface area contributed by atoms with Crippen molar-refractivity contribution in [2.24, 2.45) is 0 Å². The number of carbonyl (C=O) groups is 1. The smallest absolute Gasteiger partial charge is 0.173 e. The van der Waals surface area contributed by atoms with E-state index in [1.807, 2.05) is 48.5 Å². The van der Waals surface area contributed by atoms with Gasteiger partial charge in [0.2, 0.25) is 0 Å². The van der Waals surface area contributed by atoms with Crippen LogP contribution in [0.25, 0.3) is 0 Å². The molecule has 0 N–H and O–H groups in total. The minimum atomic E-state index is -0.383. The number of Topliss-reactive ketones (excluding diaryl/α,β-unsaturated/α-hetero) is 1. The molecule has 0 amide bonds. The number of rotatable bonds is 7. The van der Waals surface area contributed by atoms with Gasteiger partial charge < -0.3 is 0 Å². The van der Waals surface area contributed by atoms with E-state index in [2.05, 4.69) is 26.0 Å². The second-order valence-electron chi connectivity index (χ2n) is 5.64. The van der Waals surface area contributed by atoms with Gasteiger partial charge in [0.1, 0.15) is 0 Å². The minimum absolute atomic E-state index is 0.262. The predicted molar refractivity (Wildman–Crippen MR) is 88.7 cm³/mol. The molecule has 0 fully saturated rings. The van der Waals surface area contributed by atoms with Gasteiger partial charge >= 0.3 is 0 Å². The lowest BCUT2D eigenvalue weighted by molar-refractivity contribution is 0.0861. The van der Waals surface area contributed by atoms with Crippen LogP contribution in [-0.4, -0.2) is 5.78 Å². The number of hydrogen-bond donors (Lipinski definition) is 0. The Morgan fingerprint density at radius 2 is 1.29 bits per heavy atom. The molecule has 0 bridgehead atoms. The third kappa shape index (κ3) is 3.24. The first-order chi connectivity index (χ1) is 10.2. The molecule has 0 radical (unpaired) electrons. The first-order valence-corrected chi connectivity index (χ1v) is 7.90. The van der Waals surface area contributed by atoms with Crippen LogP contribution < -0.4 is 0 Å². The summed E-state index contributed by atoms with van der Waals surface area (Å²) >= 11 is 0. The van der Waals surface area contributed by atoms with Crippen molar-refractivity contribution < 1.29 is 4.79 Å². The maximum atomic E-state index is 13.2. The van der Waals surface area contributed by atoms with Crippen molar-refractivity contribution in [1.82, 2.24) is 0 Å². The van der Waals surface area contributed by atoms with Crippen LogP contribution in [-0.2, 0) is 5.41 Å². The van der Waals surface area contributed by atoms with Crippen molar-refractivity contribution >= 4 is 5.78 Å². The molecule has 110 valence electrons. The summed E-state index contributed by atoms with van der Waals surface area (Å²) in [5.41, 5.74) is 1.59. The first kappa shape index (κ1) is 15.5. The van der Waals surface area contributed by atoms with Crippen molar-refractivity contribution in [3.05, 3.63) is 71.8 Å². The molecule has 0 spiro atoms. The maximum absolute atomic E-state index is 13.2. The van der Waals surface area contributed by atoms with Crippen LogP contribution in [0.4, 0.5) is 0 Å². The van der Waals surface area contributed by atoms with Crippen molar-refractivity contribution in [2.75, 3.05) is 0 Å². The van der Waals surface area contributed by atoms with Gasteiger partial charge in [-0.1, -0.05) is 87.4 Å². The Morgan fingerprint density at radius 3 is 1.76 bits per heavy atom. The standard InChI is InChI=1S/C20H24O/c1-3-15-20(16-4-2,18-13-9-6-10-14-18)19(21)17-11-7-5-8-12-17/h5-14H,3-4,15-16H2,1-2H3. The van der Waals surface area contributed by atoms with Gasteiger partial charge in [0.05, 0.1) is 5.41 Å². The fraction of sp³-hybridized carbons (Fsp3) is 0.350. The van der Waals surface area contributed by atoms with E-state index in [4.69, 9.17) is 0 Å². The Bertz CT molecular complexity index is 551. The van der Waals surface area contributed by atoms with Crippen molar-refractivity contribution in [2.45, 2.75) is 44.9 Å². The van der Waals surface area contributed by atoms with E-state index in [0.29, 0.717) is 0 Å². The second-order valence-corrected chi connectivity index (χ2v) is 5.64. The second kappa shape index (κ2) is 7.21. The molecule has 0 heterocycles. The monoisotopic (exact) mass is 280 g/mol. The fourth-order valence-corrected chi connectivity index (χ4v) is 3.25. The van der Waals surface area contributed by atoms with Gasteiger partial charge in [-0.05, 0) is 18.4 Å². The van der Waals surface area contributed by atoms with Crippen molar-refractivity contribution in [3.8, 4) is 0 Å². The molecule has 0 aliphatic rings. The summed E-state index contributed by atoms with van der Waals surface area (Å²) in [6.45, 7) is 4.32. The quantitative estimate of drug-likeness (QED) is 0.620. The molecule has 0 aromatic heterocycles. The first-order valence-electron chi connectivity index (χ1n) is 7.90. The minimum Gasteiger partial charge on any atom is -0.293 e. The van der Waals surface area contributed by atoms with Crippen LogP contribution in [0, 0.1) is 0 Å². The molecule has 2 rings (SSSR count). The Kier molecular flexibility index (Phi) is 5.32. The van der Waals surface area contributed by atoms with E-state index in [0.717, 1.165) is 36.8 Å². The molecule has 0 aliphatic carbocycles. The molecule has 21 heavy (non-hydrogen) atoms. The molecular formula is C20H24O. The average molecular weight is 280 g/mol. The molecule has 0 atom stereocenters. The highest BCUT2D eigenvalue weighted by atomic mass is 16.1. The van der Waals surface area contributed by atoms with Crippen LogP contribution in [0.15, 0.2) is 60.7 Å². The van der Waals surface area contributed by atoms with E-state index < -0.39 is 0 Å². The van der Waals surface area contributed by atoms with Gasteiger partial charge in [-0.2, -0.15) is 0 Å². The van der Waals surface area contributed by atoms with E-state index in [-0.39, 0.29) is 11.2 Å². The summed E-state index contributed by atoms with van der Waals surface area (Å²) in [5, 5.41) is 0. The van der Waals surface area contributed by atoms with E-state index in [1.165, 1.54) is 0 Å². The third-order valence-electron chi connectivity index (χ3n) is 4.15. The lowest BCUT2D eigenvalue weighted by Crippen LogP contribution is -2.36. The van der Waals surface area contributed by atoms with E-state index in [9.17, 15) is 4.79 Å². The highest BCUT2D eigenvalue weighted by Crippen LogP contribution is 2.37. The third-order valence-corrected chi connectivity index (χ3v) is 4.15. The molecule has 1 heteroatoms. The Hall–Kier alpha value is -1.89. The van der Waals surface area contributed by atoms with Gasteiger partial charge in [0, 0.05) is 5.56 Å². The molecule has 0 saturated carbocycles. The largest absolute Gasteiger partial charge is 0.293 e. The summed E-state index contributed by atoms with van der Waals surface area (Å²) in [5.74, 6) is 0.262. The predicted octanol–water partition coefficient (Wildman–Crippen LogP) is 5.41. The average Bonchev–Trinajstić information content (AvgIpc) is 2.55. The Balaban J connectivity index is 2.51. The molecule has 0 aliphatic heterocycles. The number of benzene rings is 2. The van der Waals surface area contributed by atoms with E-state index in [1.54, 1.807) is 0 Å². The summed E-state index contributed by atoms with van der Waals surface area (Å²) < 4.78 is 0. The fourth-order valence-electron chi connectivity index (χ4n) is 3.25. The molecule has 2 aromatic carbocycles. The van der Waals surface area contributed by atoms with Gasteiger partial charge in [-0.3, -0.25) is 4.79 Å². The summed E-state index contributed by atoms with van der Waals surface area (Å²) in [6, 6.07) is 20.0. The zero-order chi connectivity index (χ0) is 15.1. The van der Waals surface area contributed by atoms with Crippen LogP contribution >= 0.6 is 0 Å². The SMILES string of the molecule is CCCC(CCC)(C(=O)c1ccccc1)c1ccccc1. The van der Waals surface area contributed by atoms with Gasteiger partial charge in [0.15, 0.2) is 5.78 Å². The van der Waals surface area contributed by atoms with Crippen molar-refractivity contribution in [3.63, 3.8) is 0 Å². The molecular weight excluding hydrogens is 256 g/mol. The molecule has 0 unspecified atom stereocenters. The lowest BCUT2D eigenvalue weighted by atomic mass is 9.68.